The highest BCUT2D eigenvalue weighted by Gasteiger charge is 2.30. The maximum Gasteiger partial charge on any atom is 0.250 e. The van der Waals surface area contributed by atoms with Gasteiger partial charge in [-0.1, -0.05) is 19.9 Å². The van der Waals surface area contributed by atoms with Gasteiger partial charge in [0.15, 0.2) is 5.96 Å². The van der Waals surface area contributed by atoms with E-state index in [4.69, 9.17) is 4.99 Å². The molecule has 0 spiro atoms. The Morgan fingerprint density at radius 2 is 2.17 bits per heavy atom. The van der Waals surface area contributed by atoms with Crippen LogP contribution < -0.4 is 10.9 Å². The smallest absolute Gasteiger partial charge is 0.250 e. The van der Waals surface area contributed by atoms with Gasteiger partial charge >= 0.3 is 0 Å². The number of aliphatic imine (C=N–C) groups is 1. The number of likely N-dealkylation sites (tertiary alicyclic amines) is 1. The first-order valence-electron chi connectivity index (χ1n) is 8.70. The Morgan fingerprint density at radius 3 is 2.83 bits per heavy atom. The van der Waals surface area contributed by atoms with Crippen molar-refractivity contribution in [3.8, 4) is 0 Å². The first-order chi connectivity index (χ1) is 11.0. The fraction of sp³-hybridized carbons (Fsp3) is 0.667. The van der Waals surface area contributed by atoms with Gasteiger partial charge in [-0.25, -0.2) is 0 Å². The molecule has 0 radical (unpaired) electrons. The predicted molar refractivity (Wildman–Crippen MR) is 95.9 cm³/mol. The van der Waals surface area contributed by atoms with Crippen LogP contribution in [0.4, 0.5) is 0 Å². The monoisotopic (exact) mass is 318 g/mol. The standard InChI is InChI=1S/C18H30N4O/c1-4-19-17(22-14-10-18(2,3)15-22)20-11-6-8-13-21-12-7-5-9-16(21)23/h5,7,9,12H,4,6,8,10-11,13-15H2,1-3H3,(H,19,20). The second-order valence-electron chi connectivity index (χ2n) is 7.01. The van der Waals surface area contributed by atoms with E-state index in [-0.39, 0.29) is 5.56 Å². The Kier molecular flexibility index (Phi) is 6.25. The van der Waals surface area contributed by atoms with E-state index < -0.39 is 0 Å². The van der Waals surface area contributed by atoms with Crippen molar-refractivity contribution in [3.63, 3.8) is 0 Å². The van der Waals surface area contributed by atoms with E-state index in [0.29, 0.717) is 5.41 Å². The van der Waals surface area contributed by atoms with Crippen LogP contribution in [0.2, 0.25) is 0 Å². The van der Waals surface area contributed by atoms with Gasteiger partial charge in [-0.3, -0.25) is 9.79 Å². The molecular formula is C18H30N4O. The molecule has 128 valence electrons. The minimum atomic E-state index is 0.0728. The molecule has 0 saturated carbocycles. The van der Waals surface area contributed by atoms with Crippen LogP contribution in [0.1, 0.15) is 40.0 Å². The summed E-state index contributed by atoms with van der Waals surface area (Å²) in [6.45, 7) is 11.4. The molecule has 1 fully saturated rings. The van der Waals surface area contributed by atoms with Gasteiger partial charge < -0.3 is 14.8 Å². The number of aromatic nitrogens is 1. The second-order valence-corrected chi connectivity index (χ2v) is 7.01. The van der Waals surface area contributed by atoms with Crippen molar-refractivity contribution in [2.45, 2.75) is 46.6 Å². The molecule has 2 heterocycles. The van der Waals surface area contributed by atoms with Gasteiger partial charge in [0.05, 0.1) is 0 Å². The fourth-order valence-electron chi connectivity index (χ4n) is 2.94. The van der Waals surface area contributed by atoms with Crippen LogP contribution >= 0.6 is 0 Å². The molecule has 0 aliphatic carbocycles. The Hall–Kier alpha value is -1.78. The lowest BCUT2D eigenvalue weighted by Crippen LogP contribution is -2.40. The lowest BCUT2D eigenvalue weighted by molar-refractivity contribution is 0.370. The number of guanidine groups is 1. The predicted octanol–water partition coefficient (Wildman–Crippen LogP) is 2.33. The van der Waals surface area contributed by atoms with Gasteiger partial charge in [-0.05, 0) is 37.7 Å². The minimum absolute atomic E-state index is 0.0728. The third-order valence-corrected chi connectivity index (χ3v) is 4.28. The highest BCUT2D eigenvalue weighted by Crippen LogP contribution is 2.28. The molecule has 1 aliphatic rings. The Morgan fingerprint density at radius 1 is 1.35 bits per heavy atom. The zero-order valence-electron chi connectivity index (χ0n) is 14.7. The molecular weight excluding hydrogens is 288 g/mol. The number of aryl methyl sites for hydroxylation is 1. The summed E-state index contributed by atoms with van der Waals surface area (Å²) < 4.78 is 1.76. The molecule has 5 heteroatoms. The lowest BCUT2D eigenvalue weighted by atomic mass is 9.93. The Labute approximate surface area is 139 Å². The third-order valence-electron chi connectivity index (χ3n) is 4.28. The SMILES string of the molecule is CCNC(=NCCCCn1ccccc1=O)N1CCC(C)(C)C1. The van der Waals surface area contributed by atoms with Crippen molar-refractivity contribution in [2.75, 3.05) is 26.2 Å². The van der Waals surface area contributed by atoms with Crippen LogP contribution in [0, 0.1) is 5.41 Å². The van der Waals surface area contributed by atoms with Gasteiger partial charge in [-0.15, -0.1) is 0 Å². The van der Waals surface area contributed by atoms with Gasteiger partial charge in [0.1, 0.15) is 0 Å². The molecule has 0 unspecified atom stereocenters. The number of nitrogens with one attached hydrogen (secondary N) is 1. The van der Waals surface area contributed by atoms with Gasteiger partial charge in [0, 0.05) is 45.0 Å². The summed E-state index contributed by atoms with van der Waals surface area (Å²) in [7, 11) is 0. The van der Waals surface area contributed by atoms with E-state index in [2.05, 4.69) is 31.0 Å². The summed E-state index contributed by atoms with van der Waals surface area (Å²) in [5.74, 6) is 1.04. The quantitative estimate of drug-likeness (QED) is 0.497. The highest BCUT2D eigenvalue weighted by molar-refractivity contribution is 5.80. The van der Waals surface area contributed by atoms with Crippen molar-refractivity contribution in [2.24, 2.45) is 10.4 Å². The second kappa shape index (κ2) is 8.18. The molecule has 1 aliphatic heterocycles. The van der Waals surface area contributed by atoms with Crippen LogP contribution in [0.25, 0.3) is 0 Å². The zero-order chi connectivity index (χ0) is 16.7. The molecule has 0 aromatic carbocycles. The summed E-state index contributed by atoms with van der Waals surface area (Å²) in [4.78, 5) is 18.8. The van der Waals surface area contributed by atoms with Gasteiger partial charge in [-0.2, -0.15) is 0 Å². The van der Waals surface area contributed by atoms with Crippen LogP contribution in [-0.2, 0) is 6.54 Å². The average Bonchev–Trinajstić information content (AvgIpc) is 2.87. The Balaban J connectivity index is 1.80. The number of pyridine rings is 1. The van der Waals surface area contributed by atoms with E-state index in [1.54, 1.807) is 16.7 Å². The van der Waals surface area contributed by atoms with Crippen molar-refractivity contribution >= 4 is 5.96 Å². The number of hydrogen-bond donors (Lipinski definition) is 1. The molecule has 2 rings (SSSR count). The van der Waals surface area contributed by atoms with E-state index in [9.17, 15) is 4.79 Å². The topological polar surface area (TPSA) is 49.6 Å². The van der Waals surface area contributed by atoms with Crippen LogP contribution in [-0.4, -0.2) is 41.6 Å². The molecule has 0 bridgehead atoms. The number of nitrogens with zero attached hydrogens (tertiary/aromatic N) is 3. The van der Waals surface area contributed by atoms with E-state index in [1.165, 1.54) is 6.42 Å². The highest BCUT2D eigenvalue weighted by atomic mass is 16.1. The zero-order valence-corrected chi connectivity index (χ0v) is 14.7. The molecule has 0 atom stereocenters. The minimum Gasteiger partial charge on any atom is -0.357 e. The first-order valence-corrected chi connectivity index (χ1v) is 8.70. The van der Waals surface area contributed by atoms with Crippen molar-refractivity contribution in [1.82, 2.24) is 14.8 Å². The molecule has 1 N–H and O–H groups in total. The fourth-order valence-corrected chi connectivity index (χ4v) is 2.94. The molecule has 1 aromatic rings. The molecule has 23 heavy (non-hydrogen) atoms. The van der Waals surface area contributed by atoms with Crippen LogP contribution in [0.3, 0.4) is 0 Å². The van der Waals surface area contributed by atoms with E-state index in [0.717, 1.165) is 51.5 Å². The summed E-state index contributed by atoms with van der Waals surface area (Å²) in [6.07, 6.45) is 5.03. The summed E-state index contributed by atoms with van der Waals surface area (Å²) >= 11 is 0. The van der Waals surface area contributed by atoms with Crippen molar-refractivity contribution in [1.29, 1.82) is 0 Å². The van der Waals surface area contributed by atoms with Crippen LogP contribution in [0.5, 0.6) is 0 Å². The van der Waals surface area contributed by atoms with Gasteiger partial charge in [0.25, 0.3) is 0 Å². The van der Waals surface area contributed by atoms with Gasteiger partial charge in [0.2, 0.25) is 5.56 Å². The molecule has 1 aromatic heterocycles. The van der Waals surface area contributed by atoms with Crippen LogP contribution in [0.15, 0.2) is 34.2 Å². The third kappa shape index (κ3) is 5.41. The maximum atomic E-state index is 11.6. The average molecular weight is 318 g/mol. The Bertz CT molecular complexity index is 576. The molecule has 0 amide bonds. The summed E-state index contributed by atoms with van der Waals surface area (Å²) in [5, 5.41) is 3.40. The van der Waals surface area contributed by atoms with Crippen molar-refractivity contribution in [3.05, 3.63) is 34.7 Å². The largest absolute Gasteiger partial charge is 0.357 e. The molecule has 1 saturated heterocycles. The summed E-state index contributed by atoms with van der Waals surface area (Å²) in [6, 6.07) is 5.29. The first kappa shape index (κ1) is 17.6. The number of hydrogen-bond acceptors (Lipinski definition) is 2. The number of rotatable bonds is 6. The normalized spacial score (nSPS) is 17.5. The van der Waals surface area contributed by atoms with E-state index in [1.807, 2.05) is 12.3 Å². The summed E-state index contributed by atoms with van der Waals surface area (Å²) in [5.41, 5.74) is 0.452. The maximum absolute atomic E-state index is 11.6. The van der Waals surface area contributed by atoms with E-state index >= 15 is 0 Å². The number of unbranched alkanes of at least 4 members (excludes halogenated alkanes) is 1. The lowest BCUT2D eigenvalue weighted by Gasteiger charge is -2.23. The van der Waals surface area contributed by atoms with Crippen molar-refractivity contribution < 1.29 is 0 Å². The molecule has 5 nitrogen and oxygen atoms in total.